The zero-order valence-electron chi connectivity index (χ0n) is 35.9. The number of aryl methyl sites for hydroxylation is 3. The van der Waals surface area contributed by atoms with E-state index in [0.717, 1.165) is 37.0 Å². The number of ether oxygens (including phenoxy) is 1. The molecule has 1 amide bonds. The lowest BCUT2D eigenvalue weighted by Crippen LogP contribution is -2.51. The van der Waals surface area contributed by atoms with Crippen molar-refractivity contribution in [1.29, 1.82) is 0 Å². The quantitative estimate of drug-likeness (QED) is 0.187. The number of hydrogen-bond donors (Lipinski definition) is 1. The minimum absolute atomic E-state index is 0.0117. The van der Waals surface area contributed by atoms with Gasteiger partial charge in [-0.25, -0.2) is 23.1 Å². The minimum atomic E-state index is -0.840. The summed E-state index contributed by atoms with van der Waals surface area (Å²) in [6, 6.07) is 14.3. The molecule has 0 bridgehead atoms. The molecule has 5 aromatic heterocycles. The molecule has 0 radical (unpaired) electrons. The Morgan fingerprint density at radius 2 is 1.66 bits per heavy atom. The third-order valence-electron chi connectivity index (χ3n) is 14.7. The summed E-state index contributed by atoms with van der Waals surface area (Å²) >= 11 is 0. The molecule has 8 aromatic rings. The lowest BCUT2D eigenvalue weighted by atomic mass is 9.59. The highest BCUT2D eigenvalue weighted by molar-refractivity contribution is 6.00. The second-order valence-corrected chi connectivity index (χ2v) is 18.6. The molecule has 17 heteroatoms. The van der Waals surface area contributed by atoms with Crippen molar-refractivity contribution in [2.24, 2.45) is 18.4 Å². The van der Waals surface area contributed by atoms with E-state index in [4.69, 9.17) is 14.4 Å². The Morgan fingerprint density at radius 3 is 2.34 bits per heavy atom. The standard InChI is InChI=1S/C47H44F2N10O5/c1-24-14-31(15-25(2)39(24)48)59-41(57-13-12-56(45(57)62)36-9-8-35-32(40(36)49)21-50-54(35)5)38-27(4)55(11-10-33(38)52-59)42(60)37-17-29-16-28(30-19-46(20-30)22-63-23-46)6-7-34(29)58(37)47(18-26(47)3)43-51-44(61)64-53-43/h6-9,12-17,21,26-27,30H,10-11,18-20,22-23H2,1-5H3,(H,51,53,61)/t26-,27-,47-/m0/s1. The molecule has 326 valence electrons. The number of fused-ring (bicyclic) bond motifs is 3. The molecule has 1 N–H and O–H groups in total. The maximum Gasteiger partial charge on any atom is 0.438 e. The largest absolute Gasteiger partial charge is 0.438 e. The summed E-state index contributed by atoms with van der Waals surface area (Å²) in [6.45, 7) is 9.24. The van der Waals surface area contributed by atoms with Crippen molar-refractivity contribution in [2.75, 3.05) is 19.8 Å². The number of aromatic nitrogens is 9. The first-order valence-electron chi connectivity index (χ1n) is 21.7. The average Bonchev–Trinajstić information content (AvgIpc) is 3.87. The van der Waals surface area contributed by atoms with Gasteiger partial charge in [0, 0.05) is 54.3 Å². The maximum absolute atomic E-state index is 16.1. The van der Waals surface area contributed by atoms with Gasteiger partial charge in [0.25, 0.3) is 5.91 Å². The van der Waals surface area contributed by atoms with Crippen LogP contribution in [0, 0.1) is 36.8 Å². The number of carbonyl (C=O) groups excluding carboxylic acids is 1. The van der Waals surface area contributed by atoms with E-state index in [9.17, 15) is 9.59 Å². The van der Waals surface area contributed by atoms with Crippen molar-refractivity contribution in [3.8, 4) is 17.2 Å². The molecule has 3 atom stereocenters. The Balaban J connectivity index is 0.996. The van der Waals surface area contributed by atoms with Crippen LogP contribution in [0.1, 0.15) is 89.3 Å². The van der Waals surface area contributed by atoms with Crippen molar-refractivity contribution in [2.45, 2.75) is 70.9 Å². The molecule has 1 saturated heterocycles. The van der Waals surface area contributed by atoms with Crippen LogP contribution in [-0.2, 0) is 23.7 Å². The fraction of sp³-hybridized carbons (Fsp3) is 0.362. The number of nitrogens with one attached hydrogen (secondary N) is 1. The van der Waals surface area contributed by atoms with Gasteiger partial charge in [0.05, 0.1) is 53.4 Å². The van der Waals surface area contributed by atoms with Crippen LogP contribution in [0.4, 0.5) is 8.78 Å². The van der Waals surface area contributed by atoms with Gasteiger partial charge in [-0.1, -0.05) is 18.1 Å². The minimum Gasteiger partial charge on any atom is -0.380 e. The number of imidazole rings is 1. The van der Waals surface area contributed by atoms with Crippen molar-refractivity contribution in [1.82, 2.24) is 48.3 Å². The van der Waals surface area contributed by atoms with E-state index in [-0.39, 0.29) is 34.1 Å². The number of nitrogens with zero attached hydrogens (tertiary/aromatic N) is 9. The first-order chi connectivity index (χ1) is 30.8. The predicted molar refractivity (Wildman–Crippen MR) is 230 cm³/mol. The van der Waals surface area contributed by atoms with Crippen LogP contribution in [0.5, 0.6) is 0 Å². The van der Waals surface area contributed by atoms with Crippen molar-refractivity contribution < 1.29 is 22.8 Å². The molecule has 64 heavy (non-hydrogen) atoms. The summed E-state index contributed by atoms with van der Waals surface area (Å²) in [5, 5.41) is 14.6. The SMILES string of the molecule is Cc1cc(-n2nc3c(c2-n2ccn(-c4ccc5c(cnn5C)c4F)c2=O)[C@H](C)N(C(=O)c2cc4cc(C5CC6(COC6)C5)ccc4n2[C@@]2(c4noc(=O)[nH]4)C[C@@H]2C)CC3)cc(C)c1F. The molecule has 3 fully saturated rings. The van der Waals surface area contributed by atoms with Crippen LogP contribution < -0.4 is 11.4 Å². The smallest absolute Gasteiger partial charge is 0.380 e. The molecular weight excluding hydrogens is 823 g/mol. The number of rotatable bonds is 7. The van der Waals surface area contributed by atoms with E-state index < -0.39 is 28.8 Å². The highest BCUT2D eigenvalue weighted by Crippen LogP contribution is 2.58. The molecule has 2 saturated carbocycles. The summed E-state index contributed by atoms with van der Waals surface area (Å²) in [4.78, 5) is 47.1. The van der Waals surface area contributed by atoms with Crippen LogP contribution in [0.2, 0.25) is 0 Å². The van der Waals surface area contributed by atoms with Gasteiger partial charge in [-0.2, -0.15) is 10.2 Å². The topological polar surface area (TPSA) is 156 Å². The first kappa shape index (κ1) is 38.8. The molecule has 7 heterocycles. The highest BCUT2D eigenvalue weighted by Gasteiger charge is 2.59. The Morgan fingerprint density at radius 1 is 0.922 bits per heavy atom. The van der Waals surface area contributed by atoms with Crippen LogP contribution >= 0.6 is 0 Å². The van der Waals surface area contributed by atoms with Gasteiger partial charge in [-0.3, -0.25) is 28.1 Å². The first-order valence-corrected chi connectivity index (χ1v) is 21.7. The molecule has 1 spiro atoms. The molecule has 0 unspecified atom stereocenters. The average molecular weight is 867 g/mol. The van der Waals surface area contributed by atoms with E-state index in [1.165, 1.54) is 27.1 Å². The molecule has 2 aliphatic carbocycles. The molecule has 15 nitrogen and oxygen atoms in total. The monoisotopic (exact) mass is 866 g/mol. The predicted octanol–water partition coefficient (Wildman–Crippen LogP) is 6.66. The van der Waals surface area contributed by atoms with E-state index in [1.807, 2.05) is 17.6 Å². The zero-order chi connectivity index (χ0) is 44.1. The highest BCUT2D eigenvalue weighted by atomic mass is 19.1. The van der Waals surface area contributed by atoms with E-state index in [2.05, 4.69) is 40.4 Å². The summed E-state index contributed by atoms with van der Waals surface area (Å²) in [7, 11) is 1.72. The summed E-state index contributed by atoms with van der Waals surface area (Å²) in [5.74, 6) is -0.745. The van der Waals surface area contributed by atoms with Crippen molar-refractivity contribution in [3.63, 3.8) is 0 Å². The number of aromatic amines is 1. The second-order valence-electron chi connectivity index (χ2n) is 18.6. The fourth-order valence-electron chi connectivity index (χ4n) is 11.1. The summed E-state index contributed by atoms with van der Waals surface area (Å²) in [5.41, 5.74) is 4.60. The van der Waals surface area contributed by atoms with E-state index >= 15 is 13.6 Å². The van der Waals surface area contributed by atoms with Crippen LogP contribution in [0.3, 0.4) is 0 Å². The van der Waals surface area contributed by atoms with Gasteiger partial charge < -0.3 is 14.2 Å². The molecule has 4 aliphatic rings. The van der Waals surface area contributed by atoms with Gasteiger partial charge in [-0.05, 0) is 111 Å². The Kier molecular flexibility index (Phi) is 8.07. The second kappa shape index (κ2) is 13.3. The Labute approximate surface area is 363 Å². The number of hydrogen-bond acceptors (Lipinski definition) is 8. The van der Waals surface area contributed by atoms with Crippen LogP contribution in [-0.4, -0.2) is 74.0 Å². The maximum atomic E-state index is 16.1. The number of amides is 1. The molecular formula is C47H44F2N10O5. The number of carbonyl (C=O) groups is 1. The summed E-state index contributed by atoms with van der Waals surface area (Å²) in [6.07, 6.45) is 7.59. The van der Waals surface area contributed by atoms with Crippen molar-refractivity contribution >= 4 is 27.7 Å². The molecule has 12 rings (SSSR count). The summed E-state index contributed by atoms with van der Waals surface area (Å²) < 4.78 is 49.7. The normalized spacial score (nSPS) is 21.5. The van der Waals surface area contributed by atoms with Gasteiger partial charge in [0.2, 0.25) is 0 Å². The van der Waals surface area contributed by atoms with Crippen LogP contribution in [0.25, 0.3) is 39.0 Å². The molecule has 3 aromatic carbocycles. The van der Waals surface area contributed by atoms with Crippen molar-refractivity contribution in [3.05, 3.63) is 139 Å². The van der Waals surface area contributed by atoms with Gasteiger partial charge in [0.1, 0.15) is 22.9 Å². The lowest BCUT2D eigenvalue weighted by Gasteiger charge is -2.53. The van der Waals surface area contributed by atoms with Gasteiger partial charge >= 0.3 is 11.4 Å². The fourth-order valence-corrected chi connectivity index (χ4v) is 11.1. The zero-order valence-corrected chi connectivity index (χ0v) is 35.9. The molecule has 2 aliphatic heterocycles. The van der Waals surface area contributed by atoms with Crippen LogP contribution in [0.15, 0.2) is 81.2 Å². The Bertz CT molecular complexity index is 3380. The number of halogens is 2. The third-order valence-corrected chi connectivity index (χ3v) is 14.7. The lowest BCUT2D eigenvalue weighted by molar-refractivity contribution is -0.164. The van der Waals surface area contributed by atoms with Gasteiger partial charge in [-0.15, -0.1) is 0 Å². The Hall–Kier alpha value is -6.88. The van der Waals surface area contributed by atoms with E-state index in [0.29, 0.717) is 76.2 Å². The number of benzene rings is 3. The van der Waals surface area contributed by atoms with Gasteiger partial charge in [0.15, 0.2) is 11.6 Å². The van der Waals surface area contributed by atoms with E-state index in [1.54, 1.807) is 65.6 Å². The third kappa shape index (κ3) is 5.33. The number of H-pyrrole nitrogens is 1.